The lowest BCUT2D eigenvalue weighted by Crippen LogP contribution is -2.48. The van der Waals surface area contributed by atoms with Crippen molar-refractivity contribution in [1.29, 1.82) is 0 Å². The number of rotatable bonds is 5. The Morgan fingerprint density at radius 3 is 2.47 bits per heavy atom. The van der Waals surface area contributed by atoms with Crippen LogP contribution in [0.25, 0.3) is 0 Å². The molecular weight excluding hydrogens is 232 g/mol. The fraction of sp³-hybridized carbons (Fsp3) is 1.00. The number of hydrogen-bond donors (Lipinski definition) is 1. The van der Waals surface area contributed by atoms with Crippen LogP contribution in [0, 0.1) is 11.8 Å². The van der Waals surface area contributed by atoms with E-state index in [1.54, 1.807) is 0 Å². The van der Waals surface area contributed by atoms with E-state index in [-0.39, 0.29) is 0 Å². The maximum Gasteiger partial charge on any atom is 0.0195 e. The van der Waals surface area contributed by atoms with E-state index in [9.17, 15) is 0 Å². The highest BCUT2D eigenvalue weighted by atomic mass is 15.2. The molecule has 110 valence electrons. The average molecular weight is 264 g/mol. The first kappa shape index (κ1) is 13.9. The van der Waals surface area contributed by atoms with Crippen LogP contribution in [0.15, 0.2) is 0 Å². The molecule has 0 aromatic heterocycles. The van der Waals surface area contributed by atoms with E-state index >= 15 is 0 Å². The molecule has 3 rings (SSSR count). The second-order valence-electron chi connectivity index (χ2n) is 7.50. The van der Waals surface area contributed by atoms with Gasteiger partial charge in [0.05, 0.1) is 0 Å². The lowest BCUT2D eigenvalue weighted by atomic mass is 9.81. The van der Waals surface area contributed by atoms with Crippen LogP contribution >= 0.6 is 0 Å². The molecule has 0 amide bonds. The van der Waals surface area contributed by atoms with Gasteiger partial charge in [-0.15, -0.1) is 0 Å². The molecule has 0 radical (unpaired) electrons. The molecule has 1 N–H and O–H groups in total. The van der Waals surface area contributed by atoms with Gasteiger partial charge in [0, 0.05) is 24.7 Å². The monoisotopic (exact) mass is 264 g/mol. The Balaban J connectivity index is 1.58. The van der Waals surface area contributed by atoms with Crippen molar-refractivity contribution in [1.82, 2.24) is 10.2 Å². The van der Waals surface area contributed by atoms with Crippen LogP contribution in [0.1, 0.15) is 65.2 Å². The fourth-order valence-corrected chi connectivity index (χ4v) is 4.45. The zero-order chi connectivity index (χ0) is 13.2. The molecule has 1 aliphatic heterocycles. The van der Waals surface area contributed by atoms with Gasteiger partial charge >= 0.3 is 0 Å². The normalized spacial score (nSPS) is 36.3. The second kappa shape index (κ2) is 6.13. The van der Waals surface area contributed by atoms with Crippen molar-refractivity contribution in [3.8, 4) is 0 Å². The van der Waals surface area contributed by atoms with E-state index in [0.717, 1.165) is 23.9 Å². The van der Waals surface area contributed by atoms with E-state index in [2.05, 4.69) is 24.1 Å². The van der Waals surface area contributed by atoms with Crippen LogP contribution in [-0.4, -0.2) is 36.1 Å². The van der Waals surface area contributed by atoms with E-state index in [1.807, 2.05) is 0 Å². The third-order valence-corrected chi connectivity index (χ3v) is 5.70. The number of nitrogens with one attached hydrogen (secondary N) is 1. The minimum Gasteiger partial charge on any atom is -0.313 e. The van der Waals surface area contributed by atoms with Gasteiger partial charge in [0.1, 0.15) is 0 Å². The van der Waals surface area contributed by atoms with E-state index in [4.69, 9.17) is 0 Å². The Labute approximate surface area is 119 Å². The minimum atomic E-state index is 0.713. The molecule has 3 aliphatic rings. The van der Waals surface area contributed by atoms with E-state index in [0.29, 0.717) is 6.04 Å². The summed E-state index contributed by atoms with van der Waals surface area (Å²) in [6, 6.07) is 2.36. The van der Waals surface area contributed by atoms with E-state index in [1.165, 1.54) is 64.5 Å². The molecule has 2 aliphatic carbocycles. The van der Waals surface area contributed by atoms with Crippen LogP contribution in [0.3, 0.4) is 0 Å². The summed E-state index contributed by atoms with van der Waals surface area (Å²) in [6.45, 7) is 7.33. The van der Waals surface area contributed by atoms with Crippen LogP contribution in [0.4, 0.5) is 0 Å². The molecule has 1 saturated heterocycles. The fourth-order valence-electron chi connectivity index (χ4n) is 4.45. The molecule has 2 heteroatoms. The first-order valence-corrected chi connectivity index (χ1v) is 8.73. The van der Waals surface area contributed by atoms with Crippen molar-refractivity contribution < 1.29 is 0 Å². The standard InChI is InChI=1S/C17H32N2/c1-13(2)19(12-16-6-4-10-18-16)17-7-3-5-15(11-17)14-8-9-14/h13-18H,3-12H2,1-2H3. The highest BCUT2D eigenvalue weighted by Gasteiger charge is 2.37. The third-order valence-electron chi connectivity index (χ3n) is 5.70. The molecular formula is C17H32N2. The summed E-state index contributed by atoms with van der Waals surface area (Å²) in [5, 5.41) is 3.69. The minimum absolute atomic E-state index is 0.713. The van der Waals surface area contributed by atoms with Crippen LogP contribution < -0.4 is 5.32 Å². The maximum absolute atomic E-state index is 3.69. The van der Waals surface area contributed by atoms with Gasteiger partial charge in [-0.25, -0.2) is 0 Å². The predicted molar refractivity (Wildman–Crippen MR) is 81.3 cm³/mol. The summed E-state index contributed by atoms with van der Waals surface area (Å²) >= 11 is 0. The molecule has 3 unspecified atom stereocenters. The largest absolute Gasteiger partial charge is 0.313 e. The molecule has 19 heavy (non-hydrogen) atoms. The zero-order valence-corrected chi connectivity index (χ0v) is 12.9. The summed E-state index contributed by atoms with van der Waals surface area (Å²) in [7, 11) is 0. The molecule has 0 aromatic carbocycles. The van der Waals surface area contributed by atoms with Crippen molar-refractivity contribution >= 4 is 0 Å². The van der Waals surface area contributed by atoms with E-state index < -0.39 is 0 Å². The van der Waals surface area contributed by atoms with Gasteiger partial charge in [-0.3, -0.25) is 4.90 Å². The van der Waals surface area contributed by atoms with Crippen LogP contribution in [0.2, 0.25) is 0 Å². The molecule has 3 atom stereocenters. The first-order valence-electron chi connectivity index (χ1n) is 8.73. The summed E-state index contributed by atoms with van der Waals surface area (Å²) in [6.07, 6.45) is 11.8. The number of nitrogens with zero attached hydrogens (tertiary/aromatic N) is 1. The van der Waals surface area contributed by atoms with Crippen molar-refractivity contribution in [3.63, 3.8) is 0 Å². The van der Waals surface area contributed by atoms with Crippen molar-refractivity contribution in [2.24, 2.45) is 11.8 Å². The summed E-state index contributed by atoms with van der Waals surface area (Å²) < 4.78 is 0. The molecule has 1 heterocycles. The van der Waals surface area contributed by atoms with Gasteiger partial charge in [0.25, 0.3) is 0 Å². The Hall–Kier alpha value is -0.0800. The van der Waals surface area contributed by atoms with Gasteiger partial charge < -0.3 is 5.32 Å². The number of hydrogen-bond acceptors (Lipinski definition) is 2. The van der Waals surface area contributed by atoms with Gasteiger partial charge in [-0.2, -0.15) is 0 Å². The zero-order valence-electron chi connectivity index (χ0n) is 12.9. The van der Waals surface area contributed by atoms with Crippen LogP contribution in [-0.2, 0) is 0 Å². The molecule has 2 saturated carbocycles. The first-order chi connectivity index (χ1) is 9.24. The van der Waals surface area contributed by atoms with Crippen molar-refractivity contribution in [3.05, 3.63) is 0 Å². The van der Waals surface area contributed by atoms with Gasteiger partial charge in [-0.05, 0) is 70.8 Å². The lowest BCUT2D eigenvalue weighted by molar-refractivity contribution is 0.0856. The second-order valence-corrected chi connectivity index (χ2v) is 7.50. The predicted octanol–water partition coefficient (Wildman–Crippen LogP) is 3.42. The summed E-state index contributed by atoms with van der Waals surface area (Å²) in [4.78, 5) is 2.83. The molecule has 2 nitrogen and oxygen atoms in total. The SMILES string of the molecule is CC(C)N(CC1CCCN1)C1CCCC(C2CC2)C1. The van der Waals surface area contributed by atoms with Crippen molar-refractivity contribution in [2.45, 2.75) is 83.3 Å². The highest BCUT2D eigenvalue weighted by molar-refractivity contribution is 4.91. The van der Waals surface area contributed by atoms with Gasteiger partial charge in [0.15, 0.2) is 0 Å². The summed E-state index contributed by atoms with van der Waals surface area (Å²) in [5.74, 6) is 2.18. The molecule has 0 aromatic rings. The third kappa shape index (κ3) is 3.52. The topological polar surface area (TPSA) is 15.3 Å². The van der Waals surface area contributed by atoms with Gasteiger partial charge in [-0.1, -0.05) is 12.8 Å². The van der Waals surface area contributed by atoms with Crippen molar-refractivity contribution in [2.75, 3.05) is 13.1 Å². The summed E-state index contributed by atoms with van der Waals surface area (Å²) in [5.41, 5.74) is 0. The van der Waals surface area contributed by atoms with Gasteiger partial charge in [0.2, 0.25) is 0 Å². The molecule has 3 fully saturated rings. The lowest BCUT2D eigenvalue weighted by Gasteiger charge is -2.41. The Kier molecular flexibility index (Phi) is 4.48. The smallest absolute Gasteiger partial charge is 0.0195 e. The quantitative estimate of drug-likeness (QED) is 0.818. The highest BCUT2D eigenvalue weighted by Crippen LogP contribution is 2.45. The average Bonchev–Trinajstić information content (AvgIpc) is 3.14. The maximum atomic E-state index is 3.69. The Morgan fingerprint density at radius 2 is 1.84 bits per heavy atom. The van der Waals surface area contributed by atoms with Crippen LogP contribution in [0.5, 0.6) is 0 Å². The Morgan fingerprint density at radius 1 is 1.00 bits per heavy atom. The molecule has 0 bridgehead atoms. The Bertz CT molecular complexity index is 279. The molecule has 0 spiro atoms.